The van der Waals surface area contributed by atoms with E-state index in [4.69, 9.17) is 9.47 Å². The van der Waals surface area contributed by atoms with Crippen LogP contribution in [-0.4, -0.2) is 19.5 Å². The normalized spacial score (nSPS) is 24.2. The van der Waals surface area contributed by atoms with Gasteiger partial charge in [-0.25, -0.2) is 0 Å². The predicted molar refractivity (Wildman–Crippen MR) is 75.9 cm³/mol. The molecular formula is C17H16O3. The van der Waals surface area contributed by atoms with E-state index in [1.807, 2.05) is 55.5 Å². The van der Waals surface area contributed by atoms with Gasteiger partial charge in [-0.15, -0.1) is 0 Å². The van der Waals surface area contributed by atoms with Crippen molar-refractivity contribution in [3.05, 3.63) is 65.2 Å². The van der Waals surface area contributed by atoms with Gasteiger partial charge in [-0.2, -0.15) is 0 Å². The van der Waals surface area contributed by atoms with Gasteiger partial charge in [0.15, 0.2) is 18.0 Å². The van der Waals surface area contributed by atoms with Crippen LogP contribution in [0.5, 0.6) is 5.75 Å². The molecule has 2 aromatic rings. The van der Waals surface area contributed by atoms with Crippen LogP contribution < -0.4 is 4.74 Å². The predicted octanol–water partition coefficient (Wildman–Crippen LogP) is 2.84. The van der Waals surface area contributed by atoms with E-state index in [9.17, 15) is 4.79 Å². The summed E-state index contributed by atoms with van der Waals surface area (Å²) in [6.07, 6.45) is 0.432. The minimum atomic E-state index is -0.665. The Bertz CT molecular complexity index is 650. The van der Waals surface area contributed by atoms with Gasteiger partial charge in [0.1, 0.15) is 5.75 Å². The third-order valence-corrected chi connectivity index (χ3v) is 3.82. The van der Waals surface area contributed by atoms with Crippen molar-refractivity contribution in [1.29, 1.82) is 0 Å². The summed E-state index contributed by atoms with van der Waals surface area (Å²) in [6, 6.07) is 15.7. The summed E-state index contributed by atoms with van der Waals surface area (Å²) in [5.74, 6) is 0.760. The summed E-state index contributed by atoms with van der Waals surface area (Å²) in [7, 11) is 1.63. The van der Waals surface area contributed by atoms with Crippen LogP contribution in [0.2, 0.25) is 0 Å². The second-order valence-corrected chi connectivity index (χ2v) is 4.96. The highest BCUT2D eigenvalue weighted by Crippen LogP contribution is 2.52. The summed E-state index contributed by atoms with van der Waals surface area (Å²) in [5.41, 5.74) is 2.43. The Kier molecular flexibility index (Phi) is 3.07. The Balaban J connectivity index is 2.14. The SMILES string of the molecule is COc1cccc(C2(c3ccccc3C)OC2C=O)c1. The van der Waals surface area contributed by atoms with Gasteiger partial charge in [0, 0.05) is 0 Å². The molecule has 1 aliphatic rings. The topological polar surface area (TPSA) is 38.8 Å². The molecule has 1 saturated heterocycles. The largest absolute Gasteiger partial charge is 0.497 e. The highest BCUT2D eigenvalue weighted by atomic mass is 16.6. The van der Waals surface area contributed by atoms with Crippen LogP contribution >= 0.6 is 0 Å². The molecule has 0 aliphatic carbocycles. The third-order valence-electron chi connectivity index (χ3n) is 3.82. The maximum Gasteiger partial charge on any atom is 0.153 e. The quantitative estimate of drug-likeness (QED) is 0.632. The fourth-order valence-corrected chi connectivity index (χ4v) is 2.74. The van der Waals surface area contributed by atoms with Crippen LogP contribution in [0, 0.1) is 6.92 Å². The first-order chi connectivity index (χ1) is 9.72. The Morgan fingerprint density at radius 1 is 1.20 bits per heavy atom. The minimum Gasteiger partial charge on any atom is -0.497 e. The van der Waals surface area contributed by atoms with Gasteiger partial charge in [-0.3, -0.25) is 0 Å². The van der Waals surface area contributed by atoms with Gasteiger partial charge in [0.05, 0.1) is 7.11 Å². The van der Waals surface area contributed by atoms with Gasteiger partial charge < -0.3 is 14.3 Å². The molecule has 0 N–H and O–H groups in total. The van der Waals surface area contributed by atoms with Gasteiger partial charge in [0.25, 0.3) is 0 Å². The Morgan fingerprint density at radius 2 is 2.00 bits per heavy atom. The van der Waals surface area contributed by atoms with Crippen LogP contribution in [0.1, 0.15) is 16.7 Å². The average molecular weight is 268 g/mol. The van der Waals surface area contributed by atoms with Crippen molar-refractivity contribution in [1.82, 2.24) is 0 Å². The molecule has 20 heavy (non-hydrogen) atoms. The minimum absolute atomic E-state index is 0.435. The molecule has 0 spiro atoms. The first-order valence-electron chi connectivity index (χ1n) is 6.56. The molecular weight excluding hydrogens is 252 g/mol. The summed E-state index contributed by atoms with van der Waals surface area (Å²) in [5, 5.41) is 0. The molecule has 3 heteroatoms. The lowest BCUT2D eigenvalue weighted by Gasteiger charge is -2.16. The molecule has 1 heterocycles. The Labute approximate surface area is 118 Å². The van der Waals surface area contributed by atoms with E-state index in [0.29, 0.717) is 0 Å². The molecule has 0 bridgehead atoms. The van der Waals surface area contributed by atoms with E-state index in [1.165, 1.54) is 0 Å². The van der Waals surface area contributed by atoms with E-state index >= 15 is 0 Å². The van der Waals surface area contributed by atoms with Crippen molar-refractivity contribution < 1.29 is 14.3 Å². The second-order valence-electron chi connectivity index (χ2n) is 4.96. The Hall–Kier alpha value is -2.13. The summed E-state index contributed by atoms with van der Waals surface area (Å²) in [4.78, 5) is 11.2. The highest BCUT2D eigenvalue weighted by molar-refractivity contribution is 5.68. The number of benzene rings is 2. The molecule has 0 amide bonds. The van der Waals surface area contributed by atoms with Crippen molar-refractivity contribution in [3.8, 4) is 5.75 Å². The monoisotopic (exact) mass is 268 g/mol. The van der Waals surface area contributed by atoms with E-state index in [-0.39, 0.29) is 0 Å². The first-order valence-corrected chi connectivity index (χ1v) is 6.56. The van der Waals surface area contributed by atoms with Crippen molar-refractivity contribution in [2.24, 2.45) is 0 Å². The number of aldehydes is 1. The van der Waals surface area contributed by atoms with Crippen molar-refractivity contribution in [2.45, 2.75) is 18.6 Å². The standard InChI is InChI=1S/C17H16O3/c1-12-6-3-4-9-15(12)17(16(11-18)20-17)13-7-5-8-14(10-13)19-2/h3-11,16H,1-2H3. The van der Waals surface area contributed by atoms with E-state index < -0.39 is 11.7 Å². The molecule has 2 atom stereocenters. The lowest BCUT2D eigenvalue weighted by Crippen LogP contribution is -2.17. The molecule has 1 aliphatic heterocycles. The van der Waals surface area contributed by atoms with E-state index in [2.05, 4.69) is 0 Å². The Morgan fingerprint density at radius 3 is 2.65 bits per heavy atom. The maximum absolute atomic E-state index is 11.2. The number of aryl methyl sites for hydroxylation is 1. The van der Waals surface area contributed by atoms with Crippen LogP contribution in [-0.2, 0) is 15.1 Å². The van der Waals surface area contributed by atoms with Crippen molar-refractivity contribution in [3.63, 3.8) is 0 Å². The van der Waals surface area contributed by atoms with E-state index in [0.717, 1.165) is 28.7 Å². The van der Waals surface area contributed by atoms with Gasteiger partial charge in [-0.1, -0.05) is 36.4 Å². The average Bonchev–Trinajstić information content (AvgIpc) is 3.23. The number of carbonyl (C=O) groups excluding carboxylic acids is 1. The molecule has 2 unspecified atom stereocenters. The number of ether oxygens (including phenoxy) is 2. The van der Waals surface area contributed by atoms with Crippen LogP contribution in [0.4, 0.5) is 0 Å². The molecule has 1 fully saturated rings. The fourth-order valence-electron chi connectivity index (χ4n) is 2.74. The zero-order valence-electron chi connectivity index (χ0n) is 11.5. The van der Waals surface area contributed by atoms with Crippen LogP contribution in [0.25, 0.3) is 0 Å². The molecule has 3 rings (SSSR count). The fraction of sp³-hybridized carbons (Fsp3) is 0.235. The van der Waals surface area contributed by atoms with Gasteiger partial charge in [-0.05, 0) is 35.7 Å². The summed E-state index contributed by atoms with van der Waals surface area (Å²) >= 11 is 0. The second kappa shape index (κ2) is 4.76. The third kappa shape index (κ3) is 1.82. The molecule has 3 nitrogen and oxygen atoms in total. The maximum atomic E-state index is 11.2. The highest BCUT2D eigenvalue weighted by Gasteiger charge is 2.59. The number of rotatable bonds is 4. The first kappa shape index (κ1) is 12.9. The van der Waals surface area contributed by atoms with Crippen LogP contribution in [0.15, 0.2) is 48.5 Å². The lowest BCUT2D eigenvalue weighted by atomic mass is 9.85. The molecule has 102 valence electrons. The number of carbonyl (C=O) groups is 1. The summed E-state index contributed by atoms with van der Waals surface area (Å²) in [6.45, 7) is 2.03. The van der Waals surface area contributed by atoms with Crippen molar-refractivity contribution >= 4 is 6.29 Å². The van der Waals surface area contributed by atoms with Gasteiger partial charge >= 0.3 is 0 Å². The number of methoxy groups -OCH3 is 1. The summed E-state index contributed by atoms with van der Waals surface area (Å²) < 4.78 is 11.1. The zero-order chi connectivity index (χ0) is 14.2. The smallest absolute Gasteiger partial charge is 0.153 e. The number of hydrogen-bond acceptors (Lipinski definition) is 3. The molecule has 0 aromatic heterocycles. The zero-order valence-corrected chi connectivity index (χ0v) is 11.5. The lowest BCUT2D eigenvalue weighted by molar-refractivity contribution is -0.108. The van der Waals surface area contributed by atoms with Crippen LogP contribution in [0.3, 0.4) is 0 Å². The van der Waals surface area contributed by atoms with Crippen molar-refractivity contribution in [2.75, 3.05) is 7.11 Å². The van der Waals surface area contributed by atoms with Gasteiger partial charge in [0.2, 0.25) is 0 Å². The number of hydrogen-bond donors (Lipinski definition) is 0. The number of epoxide rings is 1. The molecule has 2 aromatic carbocycles. The van der Waals surface area contributed by atoms with E-state index in [1.54, 1.807) is 7.11 Å². The molecule has 0 radical (unpaired) electrons. The molecule has 0 saturated carbocycles.